The molecule has 5 heteroatoms. The normalized spacial score (nSPS) is 10.8. The van der Waals surface area contributed by atoms with Crippen LogP contribution >= 0.6 is 27.7 Å². The number of rotatable bonds is 4. The highest BCUT2D eigenvalue weighted by molar-refractivity contribution is 9.10. The molecule has 0 unspecified atom stereocenters. The van der Waals surface area contributed by atoms with E-state index in [1.165, 1.54) is 0 Å². The molecule has 3 aromatic rings. The Morgan fingerprint density at radius 1 is 1.10 bits per heavy atom. The molecule has 2 aromatic carbocycles. The molecule has 0 aliphatic carbocycles. The molecule has 0 aliphatic rings. The van der Waals surface area contributed by atoms with Gasteiger partial charge in [0.1, 0.15) is 0 Å². The highest BCUT2D eigenvalue weighted by Gasteiger charge is 2.11. The summed E-state index contributed by atoms with van der Waals surface area (Å²) in [4.78, 5) is 5.63. The van der Waals surface area contributed by atoms with Crippen molar-refractivity contribution in [3.05, 3.63) is 64.5 Å². The molecular formula is C16H13BrN2OS. The molecule has 3 rings (SSSR count). The Kier molecular flexibility index (Phi) is 4.41. The predicted octanol–water partition coefficient (Wildman–Crippen LogP) is 5.10. The van der Waals surface area contributed by atoms with Crippen molar-refractivity contribution in [1.29, 1.82) is 0 Å². The molecule has 0 spiro atoms. The van der Waals surface area contributed by atoms with E-state index in [9.17, 15) is 0 Å². The van der Waals surface area contributed by atoms with E-state index in [4.69, 9.17) is 4.52 Å². The van der Waals surface area contributed by atoms with E-state index in [0.717, 1.165) is 20.5 Å². The highest BCUT2D eigenvalue weighted by atomic mass is 79.9. The molecule has 0 aliphatic heterocycles. The predicted molar refractivity (Wildman–Crippen MR) is 88.2 cm³/mol. The number of halogens is 1. The van der Waals surface area contributed by atoms with Crippen LogP contribution in [-0.2, 0) is 5.75 Å². The summed E-state index contributed by atoms with van der Waals surface area (Å²) in [7, 11) is 0. The van der Waals surface area contributed by atoms with Gasteiger partial charge in [0.15, 0.2) is 0 Å². The third-order valence-corrected chi connectivity index (χ3v) is 5.05. The third-order valence-electron chi connectivity index (χ3n) is 3.04. The van der Waals surface area contributed by atoms with Gasteiger partial charge in [-0.1, -0.05) is 41.6 Å². The lowest BCUT2D eigenvalue weighted by atomic mass is 10.1. The summed E-state index contributed by atoms with van der Waals surface area (Å²) in [6.07, 6.45) is 0. The number of hydrogen-bond acceptors (Lipinski definition) is 4. The van der Waals surface area contributed by atoms with E-state index in [2.05, 4.69) is 32.1 Å². The van der Waals surface area contributed by atoms with Gasteiger partial charge in [-0.15, -0.1) is 11.8 Å². The van der Waals surface area contributed by atoms with Gasteiger partial charge < -0.3 is 4.52 Å². The van der Waals surface area contributed by atoms with Gasteiger partial charge in [0, 0.05) is 14.9 Å². The number of hydrogen-bond donors (Lipinski definition) is 0. The average molecular weight is 361 g/mol. The smallest absolute Gasteiger partial charge is 0.237 e. The second-order valence-corrected chi connectivity index (χ2v) is 6.42. The van der Waals surface area contributed by atoms with Gasteiger partial charge in [-0.05, 0) is 40.5 Å². The Morgan fingerprint density at radius 3 is 2.67 bits per heavy atom. The van der Waals surface area contributed by atoms with E-state index in [-0.39, 0.29) is 0 Å². The van der Waals surface area contributed by atoms with Crippen LogP contribution in [0.25, 0.3) is 11.4 Å². The van der Waals surface area contributed by atoms with E-state index in [0.29, 0.717) is 17.5 Å². The maximum Gasteiger partial charge on any atom is 0.237 e. The summed E-state index contributed by atoms with van der Waals surface area (Å²) in [6.45, 7) is 2.04. The van der Waals surface area contributed by atoms with Crippen LogP contribution in [0.5, 0.6) is 0 Å². The van der Waals surface area contributed by atoms with Crippen LogP contribution in [0, 0.1) is 6.92 Å². The minimum Gasteiger partial charge on any atom is -0.338 e. The molecule has 0 amide bonds. The van der Waals surface area contributed by atoms with Crippen molar-refractivity contribution in [2.24, 2.45) is 0 Å². The number of aromatic nitrogens is 2. The molecule has 1 heterocycles. The van der Waals surface area contributed by atoms with E-state index in [1.54, 1.807) is 11.8 Å². The molecule has 0 fully saturated rings. The van der Waals surface area contributed by atoms with Gasteiger partial charge in [-0.2, -0.15) is 4.98 Å². The van der Waals surface area contributed by atoms with Crippen LogP contribution in [0.4, 0.5) is 0 Å². The minimum absolute atomic E-state index is 0.633. The first-order chi connectivity index (χ1) is 10.2. The summed E-state index contributed by atoms with van der Waals surface area (Å²) in [5, 5.41) is 4.07. The van der Waals surface area contributed by atoms with Crippen molar-refractivity contribution in [2.45, 2.75) is 17.6 Å². The zero-order chi connectivity index (χ0) is 14.7. The molecule has 0 atom stereocenters. The first-order valence-corrected chi connectivity index (χ1v) is 8.28. The Balaban J connectivity index is 1.74. The first-order valence-electron chi connectivity index (χ1n) is 6.50. The van der Waals surface area contributed by atoms with Gasteiger partial charge in [0.05, 0.1) is 5.75 Å². The lowest BCUT2D eigenvalue weighted by Gasteiger charge is -2.00. The van der Waals surface area contributed by atoms with Gasteiger partial charge in [0.2, 0.25) is 11.7 Å². The van der Waals surface area contributed by atoms with Crippen molar-refractivity contribution in [3.63, 3.8) is 0 Å². The van der Waals surface area contributed by atoms with Crippen molar-refractivity contribution in [2.75, 3.05) is 0 Å². The van der Waals surface area contributed by atoms with E-state index >= 15 is 0 Å². The molecule has 21 heavy (non-hydrogen) atoms. The number of nitrogens with zero attached hydrogens (tertiary/aromatic N) is 2. The fraction of sp³-hybridized carbons (Fsp3) is 0.125. The van der Waals surface area contributed by atoms with Crippen molar-refractivity contribution in [1.82, 2.24) is 10.1 Å². The van der Waals surface area contributed by atoms with Crippen LogP contribution in [0.2, 0.25) is 0 Å². The van der Waals surface area contributed by atoms with Crippen molar-refractivity contribution in [3.8, 4) is 11.4 Å². The Bertz CT molecular complexity index is 757. The lowest BCUT2D eigenvalue weighted by Crippen LogP contribution is -1.86. The number of benzene rings is 2. The Hall–Kier alpha value is -1.59. The summed E-state index contributed by atoms with van der Waals surface area (Å²) in [5.41, 5.74) is 2.15. The van der Waals surface area contributed by atoms with Crippen LogP contribution in [0.1, 0.15) is 11.5 Å². The molecular weight excluding hydrogens is 348 g/mol. The summed E-state index contributed by atoms with van der Waals surface area (Å²) < 4.78 is 6.42. The summed E-state index contributed by atoms with van der Waals surface area (Å²) in [5.74, 6) is 1.94. The average Bonchev–Trinajstić information content (AvgIpc) is 2.96. The maximum atomic E-state index is 5.34. The monoisotopic (exact) mass is 360 g/mol. The van der Waals surface area contributed by atoms with Gasteiger partial charge in [-0.25, -0.2) is 0 Å². The maximum absolute atomic E-state index is 5.34. The van der Waals surface area contributed by atoms with Gasteiger partial charge in [-0.3, -0.25) is 0 Å². The standard InChI is InChI=1S/C16H13BrN2OS/c1-11-6-2-3-7-12(11)16-18-15(20-19-16)10-21-14-9-5-4-8-13(14)17/h2-9H,10H2,1H3. The first kappa shape index (κ1) is 14.4. The minimum atomic E-state index is 0.633. The zero-order valence-corrected chi connectivity index (χ0v) is 13.8. The molecule has 0 saturated heterocycles. The fourth-order valence-corrected chi connectivity index (χ4v) is 3.35. The van der Waals surface area contributed by atoms with Crippen molar-refractivity contribution < 1.29 is 4.52 Å². The Labute approximate surface area is 135 Å². The van der Waals surface area contributed by atoms with E-state index in [1.807, 2.05) is 49.4 Å². The largest absolute Gasteiger partial charge is 0.338 e. The quantitative estimate of drug-likeness (QED) is 0.606. The molecule has 106 valence electrons. The van der Waals surface area contributed by atoms with Gasteiger partial charge in [0.25, 0.3) is 0 Å². The topological polar surface area (TPSA) is 38.9 Å². The molecule has 3 nitrogen and oxygen atoms in total. The van der Waals surface area contributed by atoms with E-state index < -0.39 is 0 Å². The SMILES string of the molecule is Cc1ccccc1-c1noc(CSc2ccccc2Br)n1. The molecule has 0 bridgehead atoms. The molecule has 1 aromatic heterocycles. The van der Waals surface area contributed by atoms with Crippen LogP contribution in [-0.4, -0.2) is 10.1 Å². The Morgan fingerprint density at radius 2 is 1.86 bits per heavy atom. The summed E-state index contributed by atoms with van der Waals surface area (Å²) >= 11 is 5.20. The lowest BCUT2D eigenvalue weighted by molar-refractivity contribution is 0.391. The molecule has 0 saturated carbocycles. The fourth-order valence-electron chi connectivity index (χ4n) is 1.95. The molecule has 0 N–H and O–H groups in total. The molecule has 0 radical (unpaired) electrons. The number of aryl methyl sites for hydroxylation is 1. The second kappa shape index (κ2) is 6.45. The van der Waals surface area contributed by atoms with Gasteiger partial charge >= 0.3 is 0 Å². The van der Waals surface area contributed by atoms with Crippen LogP contribution in [0.15, 0.2) is 62.4 Å². The number of thioether (sulfide) groups is 1. The van der Waals surface area contributed by atoms with Crippen LogP contribution in [0.3, 0.4) is 0 Å². The van der Waals surface area contributed by atoms with Crippen molar-refractivity contribution >= 4 is 27.7 Å². The highest BCUT2D eigenvalue weighted by Crippen LogP contribution is 2.30. The zero-order valence-electron chi connectivity index (χ0n) is 11.4. The van der Waals surface area contributed by atoms with Crippen LogP contribution < -0.4 is 0 Å². The second-order valence-electron chi connectivity index (χ2n) is 4.55. The summed E-state index contributed by atoms with van der Waals surface area (Å²) in [6, 6.07) is 16.1. The third kappa shape index (κ3) is 3.36.